The molecule has 0 saturated carbocycles. The standard InChI is InChI=1S/C17H15N7O5/c1-29-14-5-3-2-4-13(14)20-16-15(24(27)28)17(19-10-18-16)22-21-11-6-8-12(9-7-11)23(25)26/h2-10,21H,1H3,(H2,18,19,20,22). The summed E-state index contributed by atoms with van der Waals surface area (Å²) in [4.78, 5) is 29.0. The van der Waals surface area contributed by atoms with Crippen LogP contribution in [0.2, 0.25) is 0 Å². The number of benzene rings is 2. The van der Waals surface area contributed by atoms with Gasteiger partial charge < -0.3 is 10.1 Å². The normalized spacial score (nSPS) is 10.1. The Kier molecular flexibility index (Phi) is 5.64. The summed E-state index contributed by atoms with van der Waals surface area (Å²) in [6.45, 7) is 0. The van der Waals surface area contributed by atoms with Crippen molar-refractivity contribution < 1.29 is 14.6 Å². The van der Waals surface area contributed by atoms with E-state index in [0.29, 0.717) is 17.1 Å². The number of hydrogen-bond donors (Lipinski definition) is 3. The Bertz CT molecular complexity index is 1040. The van der Waals surface area contributed by atoms with Crippen LogP contribution in [0.5, 0.6) is 5.75 Å². The zero-order valence-electron chi connectivity index (χ0n) is 15.0. The molecule has 2 aromatic carbocycles. The Labute approximate surface area is 163 Å². The third kappa shape index (κ3) is 4.44. The summed E-state index contributed by atoms with van der Waals surface area (Å²) < 4.78 is 5.23. The highest BCUT2D eigenvalue weighted by atomic mass is 16.6. The lowest BCUT2D eigenvalue weighted by Gasteiger charge is -2.13. The lowest BCUT2D eigenvalue weighted by atomic mass is 10.3. The number of aromatic nitrogens is 2. The van der Waals surface area contributed by atoms with Crippen LogP contribution in [0, 0.1) is 20.2 Å². The molecule has 29 heavy (non-hydrogen) atoms. The van der Waals surface area contributed by atoms with E-state index < -0.39 is 15.5 Å². The monoisotopic (exact) mass is 397 g/mol. The van der Waals surface area contributed by atoms with E-state index in [4.69, 9.17) is 4.74 Å². The summed E-state index contributed by atoms with van der Waals surface area (Å²) in [6, 6.07) is 12.4. The van der Waals surface area contributed by atoms with E-state index in [1.54, 1.807) is 24.3 Å². The van der Waals surface area contributed by atoms with Crippen molar-refractivity contribution in [3.63, 3.8) is 0 Å². The lowest BCUT2D eigenvalue weighted by Crippen LogP contribution is -2.13. The number of rotatable bonds is 8. The Morgan fingerprint density at radius 1 is 0.897 bits per heavy atom. The van der Waals surface area contributed by atoms with Gasteiger partial charge in [0.1, 0.15) is 12.1 Å². The summed E-state index contributed by atoms with van der Waals surface area (Å²) in [5, 5.41) is 25.2. The first-order valence-corrected chi connectivity index (χ1v) is 8.15. The molecule has 0 spiro atoms. The molecule has 1 heterocycles. The van der Waals surface area contributed by atoms with E-state index in [0.717, 1.165) is 6.33 Å². The summed E-state index contributed by atoms with van der Waals surface area (Å²) >= 11 is 0. The number of nitro benzene ring substituents is 1. The Morgan fingerprint density at radius 3 is 2.24 bits per heavy atom. The molecular formula is C17H15N7O5. The van der Waals surface area contributed by atoms with Crippen molar-refractivity contribution >= 4 is 34.4 Å². The molecule has 0 unspecified atom stereocenters. The second-order valence-electron chi connectivity index (χ2n) is 5.56. The number of non-ortho nitro benzene ring substituents is 1. The van der Waals surface area contributed by atoms with Crippen LogP contribution in [-0.2, 0) is 0 Å². The van der Waals surface area contributed by atoms with Crippen molar-refractivity contribution in [2.45, 2.75) is 0 Å². The number of methoxy groups -OCH3 is 1. The minimum absolute atomic E-state index is 0.0394. The molecule has 0 amide bonds. The van der Waals surface area contributed by atoms with Crippen molar-refractivity contribution in [1.82, 2.24) is 9.97 Å². The smallest absolute Gasteiger partial charge is 0.355 e. The maximum absolute atomic E-state index is 11.6. The van der Waals surface area contributed by atoms with Crippen molar-refractivity contribution in [2.24, 2.45) is 0 Å². The van der Waals surface area contributed by atoms with Gasteiger partial charge >= 0.3 is 5.69 Å². The van der Waals surface area contributed by atoms with E-state index >= 15 is 0 Å². The fraction of sp³-hybridized carbons (Fsp3) is 0.0588. The maximum atomic E-state index is 11.6. The molecule has 12 heteroatoms. The van der Waals surface area contributed by atoms with Gasteiger partial charge in [0.25, 0.3) is 5.69 Å². The molecule has 3 aromatic rings. The number of hydrazine groups is 1. The third-order valence-electron chi connectivity index (χ3n) is 3.77. The second kappa shape index (κ2) is 8.47. The van der Waals surface area contributed by atoms with Gasteiger partial charge in [0.15, 0.2) is 0 Å². The molecule has 12 nitrogen and oxygen atoms in total. The first-order valence-electron chi connectivity index (χ1n) is 8.15. The lowest BCUT2D eigenvalue weighted by molar-refractivity contribution is -0.384. The molecule has 0 bridgehead atoms. The predicted octanol–water partition coefficient (Wildman–Crippen LogP) is 3.48. The number of para-hydroxylation sites is 2. The largest absolute Gasteiger partial charge is 0.495 e. The van der Waals surface area contributed by atoms with Crippen LogP contribution < -0.4 is 20.9 Å². The van der Waals surface area contributed by atoms with Crippen LogP contribution in [0.4, 0.5) is 34.4 Å². The SMILES string of the molecule is COc1ccccc1Nc1ncnc(NNc2ccc([N+](=O)[O-])cc2)c1[N+](=O)[O-]. The highest BCUT2D eigenvalue weighted by Gasteiger charge is 2.24. The predicted molar refractivity (Wildman–Crippen MR) is 105 cm³/mol. The van der Waals surface area contributed by atoms with Gasteiger partial charge in [0.05, 0.1) is 28.3 Å². The minimum Gasteiger partial charge on any atom is -0.495 e. The molecule has 0 atom stereocenters. The quantitative estimate of drug-likeness (QED) is 0.379. The summed E-state index contributed by atoms with van der Waals surface area (Å²) in [5.41, 5.74) is 5.81. The van der Waals surface area contributed by atoms with E-state index in [2.05, 4.69) is 26.1 Å². The number of ether oxygens (including phenoxy) is 1. The molecule has 3 rings (SSSR count). The fourth-order valence-electron chi connectivity index (χ4n) is 2.41. The summed E-state index contributed by atoms with van der Waals surface area (Å²) in [5.74, 6) is 0.349. The fourth-order valence-corrected chi connectivity index (χ4v) is 2.41. The van der Waals surface area contributed by atoms with Crippen LogP contribution >= 0.6 is 0 Å². The summed E-state index contributed by atoms with van der Waals surface area (Å²) in [6.07, 6.45) is 1.16. The van der Waals surface area contributed by atoms with Gasteiger partial charge in [-0.15, -0.1) is 0 Å². The van der Waals surface area contributed by atoms with Crippen LogP contribution in [0.15, 0.2) is 54.9 Å². The Balaban J connectivity index is 1.85. The average Bonchev–Trinajstić information content (AvgIpc) is 2.72. The van der Waals surface area contributed by atoms with Gasteiger partial charge in [-0.25, -0.2) is 9.97 Å². The topological polar surface area (TPSA) is 157 Å². The molecule has 0 fully saturated rings. The zero-order chi connectivity index (χ0) is 20.8. The average molecular weight is 397 g/mol. The van der Waals surface area contributed by atoms with Crippen molar-refractivity contribution in [3.05, 3.63) is 75.1 Å². The molecule has 0 saturated heterocycles. The first kappa shape index (κ1) is 19.3. The molecule has 0 aliphatic carbocycles. The van der Waals surface area contributed by atoms with Crippen molar-refractivity contribution in [3.8, 4) is 5.75 Å². The van der Waals surface area contributed by atoms with E-state index in [-0.39, 0.29) is 17.3 Å². The van der Waals surface area contributed by atoms with Gasteiger partial charge in [-0.2, -0.15) is 0 Å². The molecule has 0 aliphatic rings. The van der Waals surface area contributed by atoms with Crippen molar-refractivity contribution in [1.29, 1.82) is 0 Å². The van der Waals surface area contributed by atoms with Crippen molar-refractivity contribution in [2.75, 3.05) is 23.3 Å². The molecule has 0 aliphatic heterocycles. The summed E-state index contributed by atoms with van der Waals surface area (Å²) in [7, 11) is 1.48. The van der Waals surface area contributed by atoms with Crippen LogP contribution in [0.1, 0.15) is 0 Å². The molecular weight excluding hydrogens is 382 g/mol. The van der Waals surface area contributed by atoms with E-state index in [1.807, 2.05) is 0 Å². The number of nitro groups is 2. The van der Waals surface area contributed by atoms with Gasteiger partial charge in [0.2, 0.25) is 11.6 Å². The molecule has 3 N–H and O–H groups in total. The highest BCUT2D eigenvalue weighted by molar-refractivity contribution is 5.76. The van der Waals surface area contributed by atoms with E-state index in [9.17, 15) is 20.2 Å². The first-order chi connectivity index (χ1) is 14.0. The minimum atomic E-state index is -0.627. The maximum Gasteiger partial charge on any atom is 0.355 e. The zero-order valence-corrected chi connectivity index (χ0v) is 15.0. The van der Waals surface area contributed by atoms with E-state index in [1.165, 1.54) is 31.4 Å². The van der Waals surface area contributed by atoms with Gasteiger partial charge in [-0.05, 0) is 24.3 Å². The molecule has 0 radical (unpaired) electrons. The third-order valence-corrected chi connectivity index (χ3v) is 3.77. The molecule has 1 aromatic heterocycles. The molecule has 148 valence electrons. The second-order valence-corrected chi connectivity index (χ2v) is 5.56. The Morgan fingerprint density at radius 2 is 1.59 bits per heavy atom. The highest BCUT2D eigenvalue weighted by Crippen LogP contribution is 2.34. The number of nitrogens with zero attached hydrogens (tertiary/aromatic N) is 4. The van der Waals surface area contributed by atoms with Gasteiger partial charge in [0, 0.05) is 12.1 Å². The van der Waals surface area contributed by atoms with Crippen LogP contribution in [0.25, 0.3) is 0 Å². The number of nitrogens with one attached hydrogen (secondary N) is 3. The number of hydrogen-bond acceptors (Lipinski definition) is 10. The van der Waals surface area contributed by atoms with Crippen LogP contribution in [0.3, 0.4) is 0 Å². The van der Waals surface area contributed by atoms with Gasteiger partial charge in [-0.1, -0.05) is 12.1 Å². The Hall–Kier alpha value is -4.48. The van der Waals surface area contributed by atoms with Crippen LogP contribution in [-0.4, -0.2) is 26.9 Å². The number of anilines is 4. The van der Waals surface area contributed by atoms with Gasteiger partial charge in [-0.3, -0.25) is 31.1 Å².